The van der Waals surface area contributed by atoms with Gasteiger partial charge in [0.15, 0.2) is 0 Å². The highest BCUT2D eigenvalue weighted by Gasteiger charge is 1.96. The van der Waals surface area contributed by atoms with E-state index in [-0.39, 0.29) is 0 Å². The zero-order valence-electron chi connectivity index (χ0n) is 7.38. The van der Waals surface area contributed by atoms with Crippen LogP contribution < -0.4 is 0 Å². The number of halogens is 1. The molecule has 0 aliphatic heterocycles. The molecule has 1 aromatic carbocycles. The van der Waals surface area contributed by atoms with Gasteiger partial charge >= 0.3 is 0 Å². The summed E-state index contributed by atoms with van der Waals surface area (Å²) >= 11 is 5.39. The van der Waals surface area contributed by atoms with Crippen LogP contribution in [0.3, 0.4) is 0 Å². The van der Waals surface area contributed by atoms with Gasteiger partial charge in [-0.05, 0) is 22.9 Å². The zero-order valence-corrected chi connectivity index (χ0v) is 9.78. The lowest BCUT2D eigenvalue weighted by atomic mass is 10.2. The fourth-order valence-corrected chi connectivity index (χ4v) is 1.83. The number of hydrogen-bond donors (Lipinski definition) is 0. The van der Waals surface area contributed by atoms with Crippen molar-refractivity contribution < 1.29 is 0 Å². The summed E-state index contributed by atoms with van der Waals surface area (Å²) in [6.07, 6.45) is 0. The van der Waals surface area contributed by atoms with Crippen molar-refractivity contribution in [2.75, 3.05) is 0 Å². The molecule has 0 atom stereocenters. The first-order valence-corrected chi connectivity index (χ1v) is 5.88. The summed E-state index contributed by atoms with van der Waals surface area (Å²) in [7, 11) is 0. The lowest BCUT2D eigenvalue weighted by Gasteiger charge is -2.04. The van der Waals surface area contributed by atoms with Crippen molar-refractivity contribution >= 4 is 27.7 Å². The maximum Gasteiger partial charge on any atom is 0.0187 e. The summed E-state index contributed by atoms with van der Waals surface area (Å²) in [5, 5.41) is 0.716. The molecule has 0 aliphatic rings. The summed E-state index contributed by atoms with van der Waals surface area (Å²) in [6, 6.07) is 8.52. The molecule has 1 aromatic rings. The Morgan fingerprint density at radius 3 is 2.33 bits per heavy atom. The van der Waals surface area contributed by atoms with Crippen molar-refractivity contribution in [2.45, 2.75) is 24.9 Å². The van der Waals surface area contributed by atoms with E-state index in [1.807, 2.05) is 11.8 Å². The van der Waals surface area contributed by atoms with Crippen molar-refractivity contribution in [3.05, 3.63) is 34.3 Å². The highest BCUT2D eigenvalue weighted by atomic mass is 79.9. The van der Waals surface area contributed by atoms with Gasteiger partial charge in [0, 0.05) is 10.2 Å². The molecule has 66 valence electrons. The topological polar surface area (TPSA) is 0 Å². The minimum Gasteiger partial charge on any atom is -0.154 e. The second-order valence-corrected chi connectivity index (χ2v) is 5.47. The average Bonchev–Trinajstić information content (AvgIpc) is 2.03. The van der Waals surface area contributed by atoms with Gasteiger partial charge in [0.2, 0.25) is 0 Å². The Kier molecular flexibility index (Phi) is 4.16. The quantitative estimate of drug-likeness (QED) is 0.772. The molecule has 0 heterocycles. The maximum absolute atomic E-state index is 3.42. The lowest BCUT2D eigenvalue weighted by molar-refractivity contribution is 1.11. The Morgan fingerprint density at radius 1 is 1.25 bits per heavy atom. The Bertz CT molecular complexity index is 228. The van der Waals surface area contributed by atoms with Crippen LogP contribution >= 0.6 is 27.7 Å². The molecule has 1 rings (SSSR count). The van der Waals surface area contributed by atoms with Crippen molar-refractivity contribution in [1.82, 2.24) is 0 Å². The Morgan fingerprint density at radius 2 is 1.83 bits per heavy atom. The van der Waals surface area contributed by atoms with Crippen molar-refractivity contribution in [3.63, 3.8) is 0 Å². The second kappa shape index (κ2) is 4.93. The Balaban J connectivity index is 2.48. The highest BCUT2D eigenvalue weighted by molar-refractivity contribution is 9.10. The van der Waals surface area contributed by atoms with Crippen molar-refractivity contribution in [3.8, 4) is 0 Å². The molecule has 0 aromatic heterocycles. The maximum atomic E-state index is 3.42. The van der Waals surface area contributed by atoms with E-state index in [1.165, 1.54) is 5.56 Å². The third-order valence-electron chi connectivity index (χ3n) is 1.50. The predicted octanol–water partition coefficient (Wildman–Crippen LogP) is 4.09. The minimum absolute atomic E-state index is 0.716. The molecule has 0 unspecified atom stereocenters. The Hall–Kier alpha value is 0.0500. The molecule has 12 heavy (non-hydrogen) atoms. The summed E-state index contributed by atoms with van der Waals surface area (Å²) in [5.41, 5.74) is 1.40. The largest absolute Gasteiger partial charge is 0.154 e. The minimum atomic E-state index is 0.716. The molecule has 0 N–H and O–H groups in total. The fraction of sp³-hybridized carbons (Fsp3) is 0.400. The van der Waals surface area contributed by atoms with Crippen LogP contribution in [0.1, 0.15) is 19.4 Å². The number of thioether (sulfide) groups is 1. The van der Waals surface area contributed by atoms with Crippen molar-refractivity contribution in [1.29, 1.82) is 0 Å². The zero-order chi connectivity index (χ0) is 8.97. The van der Waals surface area contributed by atoms with Gasteiger partial charge in [-0.25, -0.2) is 0 Å². The van der Waals surface area contributed by atoms with Crippen LogP contribution in [0, 0.1) is 0 Å². The van der Waals surface area contributed by atoms with E-state index in [1.54, 1.807) is 0 Å². The first kappa shape index (κ1) is 10.1. The van der Waals surface area contributed by atoms with Crippen LogP contribution in [-0.4, -0.2) is 5.25 Å². The van der Waals surface area contributed by atoms with Gasteiger partial charge in [0.25, 0.3) is 0 Å². The van der Waals surface area contributed by atoms with Crippen LogP contribution in [0.2, 0.25) is 0 Å². The first-order chi connectivity index (χ1) is 5.68. The van der Waals surface area contributed by atoms with E-state index in [0.29, 0.717) is 5.25 Å². The SMILES string of the molecule is CC(C)SCc1ccc(Br)cc1. The normalized spacial score (nSPS) is 10.7. The summed E-state index contributed by atoms with van der Waals surface area (Å²) in [5.74, 6) is 1.12. The standard InChI is InChI=1S/C10H13BrS/c1-8(2)12-7-9-3-5-10(11)6-4-9/h3-6,8H,7H2,1-2H3. The van der Waals surface area contributed by atoms with E-state index < -0.39 is 0 Å². The number of rotatable bonds is 3. The molecule has 0 saturated heterocycles. The third-order valence-corrected chi connectivity index (χ3v) is 3.19. The summed E-state index contributed by atoms with van der Waals surface area (Å²) < 4.78 is 1.15. The van der Waals surface area contributed by atoms with Gasteiger partial charge in [-0.15, -0.1) is 0 Å². The Labute approximate surface area is 86.9 Å². The molecule has 2 heteroatoms. The predicted molar refractivity (Wildman–Crippen MR) is 60.6 cm³/mol. The summed E-state index contributed by atoms with van der Waals surface area (Å²) in [4.78, 5) is 0. The van der Waals surface area contributed by atoms with Crippen LogP contribution in [0.5, 0.6) is 0 Å². The molecule has 0 bridgehead atoms. The highest BCUT2D eigenvalue weighted by Crippen LogP contribution is 2.18. The van der Waals surface area contributed by atoms with E-state index in [9.17, 15) is 0 Å². The van der Waals surface area contributed by atoms with E-state index in [2.05, 4.69) is 54.0 Å². The monoisotopic (exact) mass is 244 g/mol. The van der Waals surface area contributed by atoms with Crippen LogP contribution in [-0.2, 0) is 5.75 Å². The first-order valence-electron chi connectivity index (χ1n) is 4.04. The van der Waals surface area contributed by atoms with Crippen LogP contribution in [0.15, 0.2) is 28.7 Å². The second-order valence-electron chi connectivity index (χ2n) is 2.99. The smallest absolute Gasteiger partial charge is 0.0187 e. The van der Waals surface area contributed by atoms with Crippen LogP contribution in [0.4, 0.5) is 0 Å². The number of benzene rings is 1. The van der Waals surface area contributed by atoms with Gasteiger partial charge in [0.05, 0.1) is 0 Å². The molecule has 0 saturated carbocycles. The fourth-order valence-electron chi connectivity index (χ4n) is 0.844. The molecule has 0 fully saturated rings. The molecule has 0 amide bonds. The van der Waals surface area contributed by atoms with Gasteiger partial charge in [-0.1, -0.05) is 41.9 Å². The van der Waals surface area contributed by atoms with E-state index in [4.69, 9.17) is 0 Å². The average molecular weight is 245 g/mol. The molecular formula is C10H13BrS. The lowest BCUT2D eigenvalue weighted by Crippen LogP contribution is -1.88. The van der Waals surface area contributed by atoms with Gasteiger partial charge in [-0.2, -0.15) is 11.8 Å². The third kappa shape index (κ3) is 3.63. The van der Waals surface area contributed by atoms with E-state index in [0.717, 1.165) is 10.2 Å². The van der Waals surface area contributed by atoms with E-state index >= 15 is 0 Å². The van der Waals surface area contributed by atoms with Gasteiger partial charge < -0.3 is 0 Å². The van der Waals surface area contributed by atoms with Crippen molar-refractivity contribution in [2.24, 2.45) is 0 Å². The van der Waals surface area contributed by atoms with Gasteiger partial charge in [0.1, 0.15) is 0 Å². The molecule has 0 radical (unpaired) electrons. The molecule has 0 aliphatic carbocycles. The molecule has 0 nitrogen and oxygen atoms in total. The number of hydrogen-bond acceptors (Lipinski definition) is 1. The molecular weight excluding hydrogens is 232 g/mol. The van der Waals surface area contributed by atoms with Crippen LogP contribution in [0.25, 0.3) is 0 Å². The summed E-state index contributed by atoms with van der Waals surface area (Å²) in [6.45, 7) is 4.45. The van der Waals surface area contributed by atoms with Gasteiger partial charge in [-0.3, -0.25) is 0 Å². The molecule has 0 spiro atoms.